The van der Waals surface area contributed by atoms with Crippen LogP contribution in [0.25, 0.3) is 0 Å². The molecule has 0 amide bonds. The van der Waals surface area contributed by atoms with Gasteiger partial charge in [-0.15, -0.1) is 5.10 Å². The third kappa shape index (κ3) is 5.20. The third-order valence-corrected chi connectivity index (χ3v) is 5.14. The van der Waals surface area contributed by atoms with Crippen molar-refractivity contribution in [2.75, 3.05) is 48.8 Å². The van der Waals surface area contributed by atoms with Crippen LogP contribution in [0.4, 0.5) is 23.1 Å². The molecule has 1 aromatic heterocycles. The number of rotatable bonds is 6. The number of aromatic nitrogens is 3. The quantitative estimate of drug-likeness (QED) is 0.670. The number of aryl methyl sites for hydroxylation is 1. The molecule has 0 radical (unpaired) electrons. The van der Waals surface area contributed by atoms with Gasteiger partial charge in [-0.2, -0.15) is 10.1 Å². The lowest BCUT2D eigenvalue weighted by Gasteiger charge is -2.34. The fourth-order valence-corrected chi connectivity index (χ4v) is 3.29. The monoisotopic (exact) mass is 389 g/mol. The molecule has 0 saturated carbocycles. The van der Waals surface area contributed by atoms with Crippen molar-refractivity contribution >= 4 is 23.1 Å². The lowest BCUT2D eigenvalue weighted by Crippen LogP contribution is -2.44. The van der Waals surface area contributed by atoms with Crippen molar-refractivity contribution in [1.29, 1.82) is 0 Å². The van der Waals surface area contributed by atoms with E-state index in [-0.39, 0.29) is 0 Å². The minimum Gasteiger partial charge on any atom is -0.369 e. The zero-order chi connectivity index (χ0) is 20.1. The molecule has 1 fully saturated rings. The van der Waals surface area contributed by atoms with E-state index in [9.17, 15) is 0 Å². The number of piperazine rings is 1. The first-order valence-corrected chi connectivity index (χ1v) is 9.95. The van der Waals surface area contributed by atoms with Crippen molar-refractivity contribution in [3.8, 4) is 0 Å². The van der Waals surface area contributed by atoms with Gasteiger partial charge < -0.3 is 20.4 Å². The summed E-state index contributed by atoms with van der Waals surface area (Å²) in [5.74, 6) is 1.17. The van der Waals surface area contributed by atoms with E-state index in [2.05, 4.69) is 98.1 Å². The topological polar surface area (TPSA) is 69.2 Å². The van der Waals surface area contributed by atoms with E-state index in [0.717, 1.165) is 31.9 Å². The van der Waals surface area contributed by atoms with Gasteiger partial charge in [0, 0.05) is 44.1 Å². The first kappa shape index (κ1) is 19.1. The lowest BCUT2D eigenvalue weighted by molar-refractivity contribution is 0.313. The number of nitrogens with zero attached hydrogens (tertiary/aromatic N) is 5. The Morgan fingerprint density at radius 3 is 2.38 bits per heavy atom. The van der Waals surface area contributed by atoms with Gasteiger partial charge in [0.25, 0.3) is 0 Å². The zero-order valence-electron chi connectivity index (χ0n) is 17.0. The summed E-state index contributed by atoms with van der Waals surface area (Å²) in [5.41, 5.74) is 4.64. The van der Waals surface area contributed by atoms with Crippen molar-refractivity contribution in [2.24, 2.45) is 0 Å². The van der Waals surface area contributed by atoms with Gasteiger partial charge in [-0.1, -0.05) is 29.8 Å². The van der Waals surface area contributed by atoms with E-state index < -0.39 is 0 Å². The summed E-state index contributed by atoms with van der Waals surface area (Å²) in [7, 11) is 2.17. The van der Waals surface area contributed by atoms with Gasteiger partial charge in [0.2, 0.25) is 5.95 Å². The normalized spacial score (nSPS) is 14.6. The molecule has 7 heteroatoms. The van der Waals surface area contributed by atoms with E-state index in [1.54, 1.807) is 6.20 Å². The largest absolute Gasteiger partial charge is 0.369 e. The molecular weight excluding hydrogens is 362 g/mol. The number of benzene rings is 2. The molecule has 29 heavy (non-hydrogen) atoms. The van der Waals surface area contributed by atoms with Crippen molar-refractivity contribution in [2.45, 2.75) is 13.5 Å². The van der Waals surface area contributed by atoms with E-state index in [0.29, 0.717) is 18.3 Å². The van der Waals surface area contributed by atoms with Crippen LogP contribution in [0.15, 0.2) is 54.7 Å². The highest BCUT2D eigenvalue weighted by molar-refractivity contribution is 5.59. The first-order valence-electron chi connectivity index (χ1n) is 9.95. The Balaban J connectivity index is 1.35. The van der Waals surface area contributed by atoms with Crippen molar-refractivity contribution in [1.82, 2.24) is 20.1 Å². The summed E-state index contributed by atoms with van der Waals surface area (Å²) >= 11 is 0. The SMILES string of the molecule is Cc1ccc(CNc2cnnc(Nc3ccc(N4CCN(C)CC4)cc3)n2)cc1. The Labute approximate surface area is 171 Å². The summed E-state index contributed by atoms with van der Waals surface area (Å²) < 4.78 is 0. The third-order valence-electron chi connectivity index (χ3n) is 5.14. The Hall–Kier alpha value is -3.19. The predicted molar refractivity (Wildman–Crippen MR) is 118 cm³/mol. The van der Waals surface area contributed by atoms with Gasteiger partial charge in [-0.05, 0) is 43.8 Å². The van der Waals surface area contributed by atoms with Crippen LogP contribution < -0.4 is 15.5 Å². The van der Waals surface area contributed by atoms with Crippen LogP contribution in [-0.2, 0) is 6.54 Å². The molecule has 0 spiro atoms. The minimum absolute atomic E-state index is 0.478. The first-order chi connectivity index (χ1) is 14.2. The summed E-state index contributed by atoms with van der Waals surface area (Å²) in [6.07, 6.45) is 1.63. The lowest BCUT2D eigenvalue weighted by atomic mass is 10.1. The van der Waals surface area contributed by atoms with Crippen molar-refractivity contribution < 1.29 is 0 Å². The number of hydrogen-bond acceptors (Lipinski definition) is 7. The maximum Gasteiger partial charge on any atom is 0.249 e. The predicted octanol–water partition coefficient (Wildman–Crippen LogP) is 3.29. The minimum atomic E-state index is 0.478. The van der Waals surface area contributed by atoms with Crippen LogP contribution in [0, 0.1) is 6.92 Å². The smallest absolute Gasteiger partial charge is 0.249 e. The molecule has 2 N–H and O–H groups in total. The highest BCUT2D eigenvalue weighted by Crippen LogP contribution is 2.21. The van der Waals surface area contributed by atoms with Gasteiger partial charge >= 0.3 is 0 Å². The molecule has 2 heterocycles. The highest BCUT2D eigenvalue weighted by Gasteiger charge is 2.14. The standard InChI is InChI=1S/C22H27N7/c1-17-3-5-18(6-4-17)15-23-21-16-24-27-22(26-21)25-19-7-9-20(10-8-19)29-13-11-28(2)12-14-29/h3-10,16H,11-15H2,1-2H3,(H2,23,25,26,27). The van der Waals surface area contributed by atoms with Gasteiger partial charge in [0.1, 0.15) is 0 Å². The summed E-state index contributed by atoms with van der Waals surface area (Å²) in [5, 5.41) is 14.7. The Bertz CT molecular complexity index is 917. The number of likely N-dealkylation sites (N-methyl/N-ethyl adjacent to an activating group) is 1. The highest BCUT2D eigenvalue weighted by atomic mass is 15.3. The molecule has 1 aliphatic rings. The second-order valence-corrected chi connectivity index (χ2v) is 7.47. The fourth-order valence-electron chi connectivity index (χ4n) is 3.29. The van der Waals surface area contributed by atoms with Crippen LogP contribution in [-0.4, -0.2) is 53.3 Å². The van der Waals surface area contributed by atoms with Crippen molar-refractivity contribution in [3.63, 3.8) is 0 Å². The number of nitrogens with one attached hydrogen (secondary N) is 2. The summed E-state index contributed by atoms with van der Waals surface area (Å²) in [4.78, 5) is 9.28. The van der Waals surface area contributed by atoms with Crippen molar-refractivity contribution in [3.05, 3.63) is 65.9 Å². The van der Waals surface area contributed by atoms with E-state index in [1.165, 1.54) is 16.8 Å². The van der Waals surface area contributed by atoms with Gasteiger partial charge in [-0.25, -0.2) is 0 Å². The van der Waals surface area contributed by atoms with Crippen LogP contribution in [0.1, 0.15) is 11.1 Å². The molecule has 0 atom stereocenters. The fraction of sp³-hybridized carbons (Fsp3) is 0.318. The molecule has 0 aliphatic carbocycles. The molecule has 0 bridgehead atoms. The van der Waals surface area contributed by atoms with Gasteiger partial charge in [0.05, 0.1) is 6.20 Å². The average Bonchev–Trinajstić information content (AvgIpc) is 2.75. The number of anilines is 4. The summed E-state index contributed by atoms with van der Waals surface area (Å²) in [6, 6.07) is 16.8. The Morgan fingerprint density at radius 1 is 0.931 bits per heavy atom. The molecule has 1 saturated heterocycles. The maximum atomic E-state index is 4.51. The summed E-state index contributed by atoms with van der Waals surface area (Å²) in [6.45, 7) is 7.10. The van der Waals surface area contributed by atoms with Crippen LogP contribution in [0.2, 0.25) is 0 Å². The second-order valence-electron chi connectivity index (χ2n) is 7.47. The molecule has 1 aliphatic heterocycles. The van der Waals surface area contributed by atoms with Gasteiger partial charge in [-0.3, -0.25) is 0 Å². The molecule has 4 rings (SSSR count). The Kier molecular flexibility index (Phi) is 5.86. The molecule has 150 valence electrons. The van der Waals surface area contributed by atoms with E-state index >= 15 is 0 Å². The zero-order valence-corrected chi connectivity index (χ0v) is 17.0. The van der Waals surface area contributed by atoms with E-state index in [1.807, 2.05) is 0 Å². The van der Waals surface area contributed by atoms with Crippen LogP contribution >= 0.6 is 0 Å². The number of hydrogen-bond donors (Lipinski definition) is 2. The average molecular weight is 390 g/mol. The molecule has 2 aromatic carbocycles. The van der Waals surface area contributed by atoms with Crippen LogP contribution in [0.5, 0.6) is 0 Å². The van der Waals surface area contributed by atoms with Crippen LogP contribution in [0.3, 0.4) is 0 Å². The second kappa shape index (κ2) is 8.87. The molecule has 7 nitrogen and oxygen atoms in total. The maximum absolute atomic E-state index is 4.51. The molecule has 3 aromatic rings. The Morgan fingerprint density at radius 2 is 1.66 bits per heavy atom. The van der Waals surface area contributed by atoms with E-state index in [4.69, 9.17) is 0 Å². The molecular formula is C22H27N7. The molecule has 0 unspecified atom stereocenters. The van der Waals surface area contributed by atoms with Gasteiger partial charge in [0.15, 0.2) is 5.82 Å².